The van der Waals surface area contributed by atoms with Crippen LogP contribution in [0.3, 0.4) is 0 Å². The standard InChI is InChI=1S/C16H30N2/c1-11(2)18(3)5-4-17-16-14-7-12-6-13(9-14)10-15(16)8-12/h11-17H,4-10H2,1-3H3. The first kappa shape index (κ1) is 12.9. The molecule has 0 unspecified atom stereocenters. The fraction of sp³-hybridized carbons (Fsp3) is 1.00. The summed E-state index contributed by atoms with van der Waals surface area (Å²) in [4.78, 5) is 2.45. The lowest BCUT2D eigenvalue weighted by Crippen LogP contribution is -2.55. The summed E-state index contributed by atoms with van der Waals surface area (Å²) < 4.78 is 0. The second-order valence-corrected chi connectivity index (χ2v) is 7.48. The van der Waals surface area contributed by atoms with Crippen LogP contribution in [0.5, 0.6) is 0 Å². The van der Waals surface area contributed by atoms with Gasteiger partial charge in [-0.15, -0.1) is 0 Å². The van der Waals surface area contributed by atoms with Crippen LogP contribution >= 0.6 is 0 Å². The Labute approximate surface area is 113 Å². The molecule has 0 heterocycles. The smallest absolute Gasteiger partial charge is 0.0124 e. The van der Waals surface area contributed by atoms with Crippen LogP contribution in [-0.2, 0) is 0 Å². The van der Waals surface area contributed by atoms with E-state index in [1.165, 1.54) is 38.8 Å². The SMILES string of the molecule is CC(C)N(C)CCNC1C2CC3CC(C2)CC1C3. The van der Waals surface area contributed by atoms with E-state index < -0.39 is 0 Å². The second-order valence-electron chi connectivity index (χ2n) is 7.48. The van der Waals surface area contributed by atoms with Crippen LogP contribution in [0.4, 0.5) is 0 Å². The first-order valence-corrected chi connectivity index (χ1v) is 8.07. The molecule has 4 aliphatic carbocycles. The van der Waals surface area contributed by atoms with E-state index in [4.69, 9.17) is 0 Å². The van der Waals surface area contributed by atoms with Crippen molar-refractivity contribution in [1.29, 1.82) is 0 Å². The molecule has 4 saturated carbocycles. The molecule has 104 valence electrons. The van der Waals surface area contributed by atoms with E-state index in [0.29, 0.717) is 6.04 Å². The molecule has 4 bridgehead atoms. The van der Waals surface area contributed by atoms with Gasteiger partial charge in [-0.25, -0.2) is 0 Å². The van der Waals surface area contributed by atoms with E-state index in [1.54, 1.807) is 6.42 Å². The molecule has 0 aliphatic heterocycles. The van der Waals surface area contributed by atoms with Gasteiger partial charge in [0.2, 0.25) is 0 Å². The Morgan fingerprint density at radius 1 is 1.00 bits per heavy atom. The highest BCUT2D eigenvalue weighted by Crippen LogP contribution is 2.53. The highest BCUT2D eigenvalue weighted by atomic mass is 15.1. The van der Waals surface area contributed by atoms with Gasteiger partial charge in [0.05, 0.1) is 0 Å². The zero-order valence-electron chi connectivity index (χ0n) is 12.4. The van der Waals surface area contributed by atoms with Crippen LogP contribution in [0.2, 0.25) is 0 Å². The molecule has 0 spiro atoms. The molecular weight excluding hydrogens is 220 g/mol. The van der Waals surface area contributed by atoms with Crippen LogP contribution in [-0.4, -0.2) is 37.1 Å². The van der Waals surface area contributed by atoms with E-state index in [9.17, 15) is 0 Å². The van der Waals surface area contributed by atoms with Gasteiger partial charge in [0.15, 0.2) is 0 Å². The lowest BCUT2D eigenvalue weighted by molar-refractivity contribution is -0.0141. The quantitative estimate of drug-likeness (QED) is 0.807. The van der Waals surface area contributed by atoms with Gasteiger partial charge < -0.3 is 10.2 Å². The predicted molar refractivity (Wildman–Crippen MR) is 76.6 cm³/mol. The molecule has 0 aromatic rings. The number of nitrogens with zero attached hydrogens (tertiary/aromatic N) is 1. The average Bonchev–Trinajstić information content (AvgIpc) is 2.31. The summed E-state index contributed by atoms with van der Waals surface area (Å²) >= 11 is 0. The third-order valence-corrected chi connectivity index (χ3v) is 5.95. The molecule has 1 N–H and O–H groups in total. The molecule has 0 radical (unpaired) electrons. The Kier molecular flexibility index (Phi) is 3.68. The van der Waals surface area contributed by atoms with Crippen LogP contribution in [0.25, 0.3) is 0 Å². The molecule has 0 amide bonds. The van der Waals surface area contributed by atoms with Gasteiger partial charge in [0.25, 0.3) is 0 Å². The molecule has 18 heavy (non-hydrogen) atoms. The summed E-state index contributed by atoms with van der Waals surface area (Å²) in [6.45, 7) is 6.94. The number of hydrogen-bond donors (Lipinski definition) is 1. The van der Waals surface area contributed by atoms with Crippen molar-refractivity contribution in [2.45, 2.75) is 58.0 Å². The molecule has 2 heteroatoms. The summed E-state index contributed by atoms with van der Waals surface area (Å²) in [5.74, 6) is 4.24. The Morgan fingerprint density at radius 3 is 2.06 bits per heavy atom. The van der Waals surface area contributed by atoms with Crippen molar-refractivity contribution in [3.05, 3.63) is 0 Å². The van der Waals surface area contributed by atoms with Crippen molar-refractivity contribution in [2.24, 2.45) is 23.7 Å². The maximum atomic E-state index is 3.91. The molecule has 4 fully saturated rings. The largest absolute Gasteiger partial charge is 0.312 e. The summed E-state index contributed by atoms with van der Waals surface area (Å²) in [5, 5.41) is 3.91. The second kappa shape index (κ2) is 5.13. The molecule has 0 aromatic heterocycles. The van der Waals surface area contributed by atoms with Gasteiger partial charge in [-0.05, 0) is 76.7 Å². The van der Waals surface area contributed by atoms with Gasteiger partial charge >= 0.3 is 0 Å². The van der Waals surface area contributed by atoms with E-state index in [1.807, 2.05) is 0 Å². The lowest BCUT2D eigenvalue weighted by atomic mass is 9.54. The van der Waals surface area contributed by atoms with Gasteiger partial charge in [0.1, 0.15) is 0 Å². The van der Waals surface area contributed by atoms with E-state index >= 15 is 0 Å². The maximum absolute atomic E-state index is 3.91. The average molecular weight is 250 g/mol. The Balaban J connectivity index is 1.48. The van der Waals surface area contributed by atoms with Crippen LogP contribution < -0.4 is 5.32 Å². The summed E-state index contributed by atoms with van der Waals surface area (Å²) in [7, 11) is 2.24. The monoisotopic (exact) mass is 250 g/mol. The zero-order valence-corrected chi connectivity index (χ0v) is 12.4. The molecule has 0 atom stereocenters. The Bertz CT molecular complexity index is 259. The Hall–Kier alpha value is -0.0800. The lowest BCUT2D eigenvalue weighted by Gasteiger charge is -2.54. The highest BCUT2D eigenvalue weighted by molar-refractivity contribution is 5.01. The minimum atomic E-state index is 0.672. The van der Waals surface area contributed by atoms with Crippen LogP contribution in [0, 0.1) is 23.7 Å². The number of hydrogen-bond acceptors (Lipinski definition) is 2. The zero-order chi connectivity index (χ0) is 12.7. The first-order chi connectivity index (χ1) is 8.63. The topological polar surface area (TPSA) is 15.3 Å². The predicted octanol–water partition coefficient (Wildman–Crippen LogP) is 2.74. The summed E-state index contributed by atoms with van der Waals surface area (Å²) in [6.07, 6.45) is 7.69. The fourth-order valence-corrected chi connectivity index (χ4v) is 4.92. The molecule has 4 aliphatic rings. The van der Waals surface area contributed by atoms with Gasteiger partial charge in [-0.3, -0.25) is 0 Å². The van der Waals surface area contributed by atoms with Crippen molar-refractivity contribution in [3.8, 4) is 0 Å². The molecular formula is C16H30N2. The van der Waals surface area contributed by atoms with E-state index in [-0.39, 0.29) is 0 Å². The maximum Gasteiger partial charge on any atom is 0.0124 e. The minimum Gasteiger partial charge on any atom is -0.312 e. The van der Waals surface area contributed by atoms with Crippen molar-refractivity contribution in [2.75, 3.05) is 20.1 Å². The van der Waals surface area contributed by atoms with Crippen LogP contribution in [0.1, 0.15) is 46.0 Å². The number of nitrogens with one attached hydrogen (secondary N) is 1. The van der Waals surface area contributed by atoms with Crippen LogP contribution in [0.15, 0.2) is 0 Å². The van der Waals surface area contributed by atoms with Gasteiger partial charge in [-0.2, -0.15) is 0 Å². The molecule has 4 rings (SSSR count). The van der Waals surface area contributed by atoms with Crippen molar-refractivity contribution in [3.63, 3.8) is 0 Å². The molecule has 0 saturated heterocycles. The molecule has 2 nitrogen and oxygen atoms in total. The fourth-order valence-electron chi connectivity index (χ4n) is 4.92. The van der Waals surface area contributed by atoms with E-state index in [2.05, 4.69) is 31.1 Å². The highest BCUT2D eigenvalue weighted by Gasteiger charge is 2.47. The normalized spacial score (nSPS) is 42.2. The van der Waals surface area contributed by atoms with Crippen molar-refractivity contribution in [1.82, 2.24) is 10.2 Å². The third kappa shape index (κ3) is 2.46. The third-order valence-electron chi connectivity index (χ3n) is 5.95. The summed E-state index contributed by atoms with van der Waals surface area (Å²) in [6, 6.07) is 1.53. The number of likely N-dealkylation sites (N-methyl/N-ethyl adjacent to an activating group) is 1. The summed E-state index contributed by atoms with van der Waals surface area (Å²) in [5.41, 5.74) is 0. The number of rotatable bonds is 5. The molecule has 0 aromatic carbocycles. The van der Waals surface area contributed by atoms with Crippen molar-refractivity contribution < 1.29 is 0 Å². The van der Waals surface area contributed by atoms with E-state index in [0.717, 1.165) is 29.7 Å². The van der Waals surface area contributed by atoms with Gasteiger partial charge in [0, 0.05) is 25.2 Å². The minimum absolute atomic E-state index is 0.672. The Morgan fingerprint density at radius 2 is 1.56 bits per heavy atom. The van der Waals surface area contributed by atoms with Gasteiger partial charge in [-0.1, -0.05) is 0 Å². The van der Waals surface area contributed by atoms with Crippen molar-refractivity contribution >= 4 is 0 Å². The first-order valence-electron chi connectivity index (χ1n) is 8.07.